The summed E-state index contributed by atoms with van der Waals surface area (Å²) in [5.74, 6) is -0.286. The summed E-state index contributed by atoms with van der Waals surface area (Å²) in [5.41, 5.74) is 1.22. The number of hydrogen-bond acceptors (Lipinski definition) is 3. The predicted octanol–water partition coefficient (Wildman–Crippen LogP) is 1.95. The van der Waals surface area contributed by atoms with Crippen LogP contribution in [0.4, 0.5) is 4.79 Å². The van der Waals surface area contributed by atoms with Gasteiger partial charge in [-0.05, 0) is 44.1 Å². The van der Waals surface area contributed by atoms with E-state index < -0.39 is 18.0 Å². The number of allylic oxidation sites excluding steroid dienone is 1. The van der Waals surface area contributed by atoms with E-state index in [0.29, 0.717) is 12.2 Å². The van der Waals surface area contributed by atoms with Gasteiger partial charge in [0.25, 0.3) is 0 Å². The van der Waals surface area contributed by atoms with Gasteiger partial charge in [-0.3, -0.25) is 0 Å². The Kier molecular flexibility index (Phi) is 6.64. The van der Waals surface area contributed by atoms with Crippen LogP contribution in [0.2, 0.25) is 0 Å². The minimum atomic E-state index is -0.993. The van der Waals surface area contributed by atoms with Crippen molar-refractivity contribution in [1.29, 1.82) is 0 Å². The van der Waals surface area contributed by atoms with Gasteiger partial charge in [-0.15, -0.1) is 0 Å². The highest BCUT2D eigenvalue weighted by Gasteiger charge is 2.18. The van der Waals surface area contributed by atoms with Gasteiger partial charge in [-0.25, -0.2) is 9.59 Å². The van der Waals surface area contributed by atoms with Gasteiger partial charge in [0.05, 0.1) is 0 Å². The zero-order valence-corrected chi connectivity index (χ0v) is 11.4. The minimum Gasteiger partial charge on any atom is -0.480 e. The predicted molar refractivity (Wildman–Crippen MR) is 72.6 cm³/mol. The highest BCUT2D eigenvalue weighted by atomic mass is 32.2. The topological polar surface area (TPSA) is 78.4 Å². The third-order valence-electron chi connectivity index (χ3n) is 2.87. The van der Waals surface area contributed by atoms with Gasteiger partial charge in [0.1, 0.15) is 6.04 Å². The lowest BCUT2D eigenvalue weighted by atomic mass is 10.2. The second-order valence-electron chi connectivity index (χ2n) is 4.30. The van der Waals surface area contributed by atoms with Crippen molar-refractivity contribution in [2.45, 2.75) is 38.1 Å². The van der Waals surface area contributed by atoms with E-state index in [1.165, 1.54) is 18.4 Å². The van der Waals surface area contributed by atoms with E-state index in [9.17, 15) is 9.59 Å². The summed E-state index contributed by atoms with van der Waals surface area (Å²) in [7, 11) is 0. The average molecular weight is 272 g/mol. The molecule has 0 heterocycles. The third kappa shape index (κ3) is 5.44. The first-order valence-electron chi connectivity index (χ1n) is 6.10. The monoisotopic (exact) mass is 272 g/mol. The summed E-state index contributed by atoms with van der Waals surface area (Å²) >= 11 is 1.56. The van der Waals surface area contributed by atoms with Crippen molar-refractivity contribution in [2.24, 2.45) is 0 Å². The molecule has 0 aliphatic heterocycles. The highest BCUT2D eigenvalue weighted by molar-refractivity contribution is 7.98. The number of urea groups is 1. The maximum absolute atomic E-state index is 11.5. The molecule has 1 atom stereocenters. The highest BCUT2D eigenvalue weighted by Crippen LogP contribution is 2.22. The summed E-state index contributed by atoms with van der Waals surface area (Å²) in [6.07, 6.45) is 8.42. The van der Waals surface area contributed by atoms with E-state index in [-0.39, 0.29) is 0 Å². The molecule has 1 fully saturated rings. The second-order valence-corrected chi connectivity index (χ2v) is 5.29. The van der Waals surface area contributed by atoms with E-state index >= 15 is 0 Å². The first-order chi connectivity index (χ1) is 8.63. The molecule has 0 spiro atoms. The molecule has 5 nitrogen and oxygen atoms in total. The molecule has 0 bridgehead atoms. The van der Waals surface area contributed by atoms with E-state index in [4.69, 9.17) is 5.11 Å². The minimum absolute atomic E-state index is 0.431. The van der Waals surface area contributed by atoms with Gasteiger partial charge < -0.3 is 15.7 Å². The number of hydrogen-bond donors (Lipinski definition) is 3. The van der Waals surface area contributed by atoms with Crippen LogP contribution in [0, 0.1) is 0 Å². The molecular weight excluding hydrogens is 252 g/mol. The Morgan fingerprint density at radius 2 is 2.11 bits per heavy atom. The van der Waals surface area contributed by atoms with E-state index in [1.807, 2.05) is 6.26 Å². The SMILES string of the molecule is CSCCC(NC(=O)NC=C1CCCC1)C(=O)O. The smallest absolute Gasteiger partial charge is 0.326 e. The summed E-state index contributed by atoms with van der Waals surface area (Å²) < 4.78 is 0. The lowest BCUT2D eigenvalue weighted by Gasteiger charge is -2.13. The van der Waals surface area contributed by atoms with E-state index in [0.717, 1.165) is 12.8 Å². The molecule has 1 aliphatic rings. The number of aliphatic carboxylic acids is 1. The van der Waals surface area contributed by atoms with Crippen LogP contribution in [0.1, 0.15) is 32.1 Å². The number of carbonyl (C=O) groups is 2. The molecule has 0 aromatic carbocycles. The Bertz CT molecular complexity index is 323. The number of nitrogens with one attached hydrogen (secondary N) is 2. The zero-order chi connectivity index (χ0) is 13.4. The van der Waals surface area contributed by atoms with Crippen molar-refractivity contribution in [2.75, 3.05) is 12.0 Å². The Morgan fingerprint density at radius 1 is 1.44 bits per heavy atom. The summed E-state index contributed by atoms with van der Waals surface area (Å²) in [4.78, 5) is 22.5. The standard InChI is InChI=1S/C12H20N2O3S/c1-18-7-6-10(11(15)16)14-12(17)13-8-9-4-2-3-5-9/h8,10H,2-7H2,1H3,(H,15,16)(H2,13,14,17). The van der Waals surface area contributed by atoms with E-state index in [1.54, 1.807) is 18.0 Å². The molecule has 1 saturated carbocycles. The van der Waals surface area contributed by atoms with Crippen LogP contribution in [0.3, 0.4) is 0 Å². The lowest BCUT2D eigenvalue weighted by Crippen LogP contribution is -2.45. The average Bonchev–Trinajstić information content (AvgIpc) is 2.84. The summed E-state index contributed by atoms with van der Waals surface area (Å²) in [6, 6.07) is -1.26. The molecule has 18 heavy (non-hydrogen) atoms. The normalized spacial score (nSPS) is 16.2. The van der Waals surface area contributed by atoms with Crippen molar-refractivity contribution >= 4 is 23.8 Å². The van der Waals surface area contributed by atoms with Crippen molar-refractivity contribution < 1.29 is 14.7 Å². The molecule has 0 aromatic heterocycles. The Morgan fingerprint density at radius 3 is 2.67 bits per heavy atom. The van der Waals surface area contributed by atoms with Crippen LogP contribution in [-0.2, 0) is 4.79 Å². The van der Waals surface area contributed by atoms with Gasteiger partial charge in [0, 0.05) is 6.20 Å². The van der Waals surface area contributed by atoms with Crippen LogP contribution in [0.25, 0.3) is 0 Å². The fraction of sp³-hybridized carbons (Fsp3) is 0.667. The quantitative estimate of drug-likeness (QED) is 0.690. The number of rotatable bonds is 6. The number of carbonyl (C=O) groups excluding carboxylic acids is 1. The van der Waals surface area contributed by atoms with E-state index in [2.05, 4.69) is 10.6 Å². The van der Waals surface area contributed by atoms with Gasteiger partial charge >= 0.3 is 12.0 Å². The van der Waals surface area contributed by atoms with Crippen LogP contribution >= 0.6 is 11.8 Å². The summed E-state index contributed by atoms with van der Waals surface area (Å²) in [6.45, 7) is 0. The van der Waals surface area contributed by atoms with Crippen molar-refractivity contribution in [1.82, 2.24) is 10.6 Å². The molecule has 2 amide bonds. The molecule has 0 aromatic rings. The van der Waals surface area contributed by atoms with Crippen molar-refractivity contribution in [3.63, 3.8) is 0 Å². The molecular formula is C12H20N2O3S. The Hall–Kier alpha value is -1.17. The van der Waals surface area contributed by atoms with Gasteiger partial charge in [0.15, 0.2) is 0 Å². The van der Waals surface area contributed by atoms with Crippen LogP contribution in [0.15, 0.2) is 11.8 Å². The number of carboxylic acids is 1. The lowest BCUT2D eigenvalue weighted by molar-refractivity contribution is -0.139. The van der Waals surface area contributed by atoms with Gasteiger partial charge in [0.2, 0.25) is 0 Å². The molecule has 0 saturated heterocycles. The van der Waals surface area contributed by atoms with Crippen molar-refractivity contribution in [3.8, 4) is 0 Å². The first kappa shape index (κ1) is 14.9. The third-order valence-corrected chi connectivity index (χ3v) is 3.51. The zero-order valence-electron chi connectivity index (χ0n) is 10.6. The Balaban J connectivity index is 2.35. The van der Waals surface area contributed by atoms with Crippen LogP contribution < -0.4 is 10.6 Å². The fourth-order valence-corrected chi connectivity index (χ4v) is 2.31. The maximum atomic E-state index is 11.5. The maximum Gasteiger partial charge on any atom is 0.326 e. The fourth-order valence-electron chi connectivity index (χ4n) is 1.83. The largest absolute Gasteiger partial charge is 0.480 e. The molecule has 1 rings (SSSR count). The molecule has 3 N–H and O–H groups in total. The molecule has 102 valence electrons. The molecule has 1 aliphatic carbocycles. The number of thioether (sulfide) groups is 1. The van der Waals surface area contributed by atoms with Crippen molar-refractivity contribution in [3.05, 3.63) is 11.8 Å². The molecule has 6 heteroatoms. The molecule has 0 radical (unpaired) electrons. The van der Waals surface area contributed by atoms with Crippen LogP contribution in [0.5, 0.6) is 0 Å². The second kappa shape index (κ2) is 8.02. The first-order valence-corrected chi connectivity index (χ1v) is 7.49. The molecule has 1 unspecified atom stereocenters. The van der Waals surface area contributed by atoms with Gasteiger partial charge in [-0.2, -0.15) is 11.8 Å². The number of amides is 2. The summed E-state index contributed by atoms with van der Waals surface area (Å²) in [5, 5.41) is 14.0. The van der Waals surface area contributed by atoms with Gasteiger partial charge in [-0.1, -0.05) is 5.57 Å². The van der Waals surface area contributed by atoms with Crippen LogP contribution in [-0.4, -0.2) is 35.2 Å². The number of carboxylic acid groups (broad SMARTS) is 1. The Labute approximate surface area is 111 Å².